The molecular formula is C14H26O3. The minimum Gasteiger partial charge on any atom is -0.469 e. The van der Waals surface area contributed by atoms with Crippen LogP contribution in [-0.4, -0.2) is 18.9 Å². The predicted octanol–water partition coefficient (Wildman–Crippen LogP) is 3.65. The summed E-state index contributed by atoms with van der Waals surface area (Å²) in [4.78, 5) is 22.3. The fourth-order valence-corrected chi connectivity index (χ4v) is 1.74. The summed E-state index contributed by atoms with van der Waals surface area (Å²) < 4.78 is 4.55. The monoisotopic (exact) mass is 242 g/mol. The number of ketones is 1. The number of hydrogen-bond donors (Lipinski definition) is 0. The second-order valence-electron chi connectivity index (χ2n) is 4.49. The van der Waals surface area contributed by atoms with E-state index >= 15 is 0 Å². The van der Waals surface area contributed by atoms with Gasteiger partial charge < -0.3 is 4.74 Å². The molecule has 0 rings (SSSR count). The van der Waals surface area contributed by atoms with Gasteiger partial charge in [-0.3, -0.25) is 9.59 Å². The van der Waals surface area contributed by atoms with E-state index in [9.17, 15) is 9.59 Å². The summed E-state index contributed by atoms with van der Waals surface area (Å²) in [7, 11) is 1.40. The van der Waals surface area contributed by atoms with Crippen LogP contribution in [0.5, 0.6) is 0 Å². The van der Waals surface area contributed by atoms with Crippen molar-refractivity contribution in [2.75, 3.05) is 7.11 Å². The van der Waals surface area contributed by atoms with Crippen molar-refractivity contribution in [1.82, 2.24) is 0 Å². The Kier molecular flexibility index (Phi) is 11.0. The first-order chi connectivity index (χ1) is 8.20. The zero-order valence-corrected chi connectivity index (χ0v) is 11.3. The van der Waals surface area contributed by atoms with Crippen LogP contribution in [0, 0.1) is 0 Å². The summed E-state index contributed by atoms with van der Waals surface area (Å²) in [6.07, 6.45) is 9.20. The maximum Gasteiger partial charge on any atom is 0.305 e. The SMILES string of the molecule is CCCCCCC(=O)CCCCCC(=O)OC. The third kappa shape index (κ3) is 11.4. The second kappa shape index (κ2) is 11.6. The molecule has 17 heavy (non-hydrogen) atoms. The van der Waals surface area contributed by atoms with E-state index in [4.69, 9.17) is 0 Å². The first kappa shape index (κ1) is 16.1. The van der Waals surface area contributed by atoms with Crippen molar-refractivity contribution in [3.8, 4) is 0 Å². The molecule has 3 heteroatoms. The first-order valence-corrected chi connectivity index (χ1v) is 6.79. The first-order valence-electron chi connectivity index (χ1n) is 6.79. The Balaban J connectivity index is 3.24. The minimum absolute atomic E-state index is 0.157. The average molecular weight is 242 g/mol. The maximum atomic E-state index is 11.5. The Bertz CT molecular complexity index is 212. The molecule has 0 unspecified atom stereocenters. The van der Waals surface area contributed by atoms with E-state index in [1.54, 1.807) is 0 Å². The van der Waals surface area contributed by atoms with Crippen LogP contribution in [0.2, 0.25) is 0 Å². The number of methoxy groups -OCH3 is 1. The third-order valence-electron chi connectivity index (χ3n) is 2.87. The molecule has 0 aliphatic heterocycles. The molecule has 0 radical (unpaired) electrons. The molecule has 0 heterocycles. The van der Waals surface area contributed by atoms with Crippen LogP contribution in [0.1, 0.15) is 71.1 Å². The molecule has 0 spiro atoms. The Labute approximate surface area is 105 Å². The number of unbranched alkanes of at least 4 members (excludes halogenated alkanes) is 5. The van der Waals surface area contributed by atoms with E-state index in [0.29, 0.717) is 18.6 Å². The van der Waals surface area contributed by atoms with Gasteiger partial charge in [0.15, 0.2) is 0 Å². The summed E-state index contributed by atoms with van der Waals surface area (Å²) >= 11 is 0. The molecule has 0 atom stereocenters. The fourth-order valence-electron chi connectivity index (χ4n) is 1.74. The van der Waals surface area contributed by atoms with Crippen molar-refractivity contribution in [2.45, 2.75) is 71.1 Å². The Hall–Kier alpha value is -0.860. The van der Waals surface area contributed by atoms with Gasteiger partial charge in [-0.1, -0.05) is 32.6 Å². The van der Waals surface area contributed by atoms with Gasteiger partial charge in [0.2, 0.25) is 0 Å². The van der Waals surface area contributed by atoms with Gasteiger partial charge >= 0.3 is 5.97 Å². The highest BCUT2D eigenvalue weighted by Crippen LogP contribution is 2.09. The largest absolute Gasteiger partial charge is 0.469 e. The third-order valence-corrected chi connectivity index (χ3v) is 2.87. The van der Waals surface area contributed by atoms with E-state index in [-0.39, 0.29) is 5.97 Å². The number of rotatable bonds is 11. The lowest BCUT2D eigenvalue weighted by Crippen LogP contribution is -2.00. The minimum atomic E-state index is -0.157. The highest BCUT2D eigenvalue weighted by atomic mass is 16.5. The standard InChI is InChI=1S/C14H26O3/c1-3-4-5-7-10-13(15)11-8-6-9-12-14(16)17-2/h3-12H2,1-2H3. The number of carbonyl (C=O) groups excluding carboxylic acids is 2. The van der Waals surface area contributed by atoms with Gasteiger partial charge in [0.05, 0.1) is 7.11 Å². The highest BCUT2D eigenvalue weighted by Gasteiger charge is 2.03. The maximum absolute atomic E-state index is 11.5. The van der Waals surface area contributed by atoms with Gasteiger partial charge in [-0.15, -0.1) is 0 Å². The second-order valence-corrected chi connectivity index (χ2v) is 4.49. The molecule has 0 saturated heterocycles. The predicted molar refractivity (Wildman–Crippen MR) is 68.9 cm³/mol. The van der Waals surface area contributed by atoms with Gasteiger partial charge in [0, 0.05) is 19.3 Å². The van der Waals surface area contributed by atoms with Crippen molar-refractivity contribution in [3.63, 3.8) is 0 Å². The number of Topliss-reactive ketones (excluding diaryl/α,β-unsaturated/α-hetero) is 1. The van der Waals surface area contributed by atoms with Crippen LogP contribution in [-0.2, 0) is 14.3 Å². The Morgan fingerprint density at radius 1 is 0.824 bits per heavy atom. The van der Waals surface area contributed by atoms with E-state index in [1.807, 2.05) is 0 Å². The number of hydrogen-bond acceptors (Lipinski definition) is 3. The zero-order valence-electron chi connectivity index (χ0n) is 11.3. The lowest BCUT2D eigenvalue weighted by atomic mass is 10.0. The molecule has 0 N–H and O–H groups in total. The van der Waals surface area contributed by atoms with Crippen molar-refractivity contribution in [3.05, 3.63) is 0 Å². The number of carbonyl (C=O) groups is 2. The smallest absolute Gasteiger partial charge is 0.305 e. The average Bonchev–Trinajstić information content (AvgIpc) is 2.34. The van der Waals surface area contributed by atoms with E-state index < -0.39 is 0 Å². The molecule has 0 bridgehead atoms. The molecule has 100 valence electrons. The summed E-state index contributed by atoms with van der Waals surface area (Å²) in [6.45, 7) is 2.17. The van der Waals surface area contributed by atoms with Crippen LogP contribution in [0.25, 0.3) is 0 Å². The van der Waals surface area contributed by atoms with Crippen molar-refractivity contribution >= 4 is 11.8 Å². The van der Waals surface area contributed by atoms with Crippen LogP contribution in [0.3, 0.4) is 0 Å². The fraction of sp³-hybridized carbons (Fsp3) is 0.857. The molecular weight excluding hydrogens is 216 g/mol. The molecule has 0 aromatic heterocycles. The summed E-state index contributed by atoms with van der Waals surface area (Å²) in [6, 6.07) is 0. The van der Waals surface area contributed by atoms with Crippen LogP contribution in [0.4, 0.5) is 0 Å². The number of ether oxygens (including phenoxy) is 1. The Morgan fingerprint density at radius 2 is 1.35 bits per heavy atom. The molecule has 0 aliphatic rings. The van der Waals surface area contributed by atoms with Gasteiger partial charge in [-0.05, 0) is 19.3 Å². The molecule has 0 saturated carbocycles. The van der Waals surface area contributed by atoms with Gasteiger partial charge in [-0.2, -0.15) is 0 Å². The quantitative estimate of drug-likeness (QED) is 0.410. The van der Waals surface area contributed by atoms with Gasteiger partial charge in [-0.25, -0.2) is 0 Å². The van der Waals surface area contributed by atoms with E-state index in [0.717, 1.165) is 32.1 Å². The molecule has 0 aromatic rings. The summed E-state index contributed by atoms with van der Waals surface area (Å²) in [5.41, 5.74) is 0. The molecule has 0 fully saturated rings. The topological polar surface area (TPSA) is 43.4 Å². The lowest BCUT2D eigenvalue weighted by molar-refractivity contribution is -0.140. The van der Waals surface area contributed by atoms with Crippen LogP contribution in [0.15, 0.2) is 0 Å². The zero-order chi connectivity index (χ0) is 12.9. The van der Waals surface area contributed by atoms with Gasteiger partial charge in [0.25, 0.3) is 0 Å². The van der Waals surface area contributed by atoms with E-state index in [1.165, 1.54) is 26.4 Å². The Morgan fingerprint density at radius 3 is 1.88 bits per heavy atom. The molecule has 3 nitrogen and oxygen atoms in total. The number of esters is 1. The summed E-state index contributed by atoms with van der Waals surface area (Å²) in [5.74, 6) is 0.218. The highest BCUT2D eigenvalue weighted by molar-refractivity contribution is 5.78. The molecule has 0 aliphatic carbocycles. The normalized spacial score (nSPS) is 10.2. The van der Waals surface area contributed by atoms with Crippen molar-refractivity contribution < 1.29 is 14.3 Å². The van der Waals surface area contributed by atoms with E-state index in [2.05, 4.69) is 11.7 Å². The van der Waals surface area contributed by atoms with Crippen LogP contribution >= 0.6 is 0 Å². The lowest BCUT2D eigenvalue weighted by Gasteiger charge is -2.01. The van der Waals surface area contributed by atoms with Gasteiger partial charge in [0.1, 0.15) is 5.78 Å². The summed E-state index contributed by atoms with van der Waals surface area (Å²) in [5, 5.41) is 0. The van der Waals surface area contributed by atoms with Crippen molar-refractivity contribution in [1.29, 1.82) is 0 Å². The molecule has 0 aromatic carbocycles. The molecule has 0 amide bonds. The van der Waals surface area contributed by atoms with Crippen LogP contribution < -0.4 is 0 Å². The van der Waals surface area contributed by atoms with Crippen molar-refractivity contribution in [2.24, 2.45) is 0 Å².